The predicted octanol–water partition coefficient (Wildman–Crippen LogP) is 0.494. The van der Waals surface area contributed by atoms with Gasteiger partial charge in [0.05, 0.1) is 12.0 Å². The molecule has 0 amide bonds. The summed E-state index contributed by atoms with van der Waals surface area (Å²) in [5.74, 6) is -3.49. The van der Waals surface area contributed by atoms with E-state index in [-0.39, 0.29) is 39.0 Å². The van der Waals surface area contributed by atoms with Crippen LogP contribution >= 0.6 is 0 Å². The monoisotopic (exact) mass is 516 g/mol. The molecular weight excluding hydrogens is 496 g/mol. The molecule has 2 aromatic heterocycles. The topological polar surface area (TPSA) is 220 Å². The molecule has 13 nitrogen and oxygen atoms in total. The Hall–Kier alpha value is -4.14. The Morgan fingerprint density at radius 2 is 1.62 bits per heavy atom. The highest BCUT2D eigenvalue weighted by Crippen LogP contribution is 2.44. The van der Waals surface area contributed by atoms with Crippen LogP contribution in [0.4, 0.5) is 0 Å². The number of hydrogen-bond donors (Lipinski definition) is 7. The van der Waals surface area contributed by atoms with Gasteiger partial charge in [0.25, 0.3) is 0 Å². The normalized spacial score (nSPS) is 23.9. The molecule has 4 aromatic rings. The van der Waals surface area contributed by atoms with E-state index < -0.39 is 66.0 Å². The summed E-state index contributed by atoms with van der Waals surface area (Å²) in [6, 6.07) is 6.82. The quantitative estimate of drug-likeness (QED) is 0.180. The van der Waals surface area contributed by atoms with Crippen LogP contribution in [0.3, 0.4) is 0 Å². The fourth-order valence-electron chi connectivity index (χ4n) is 4.16. The van der Waals surface area contributed by atoms with Crippen molar-refractivity contribution in [1.82, 2.24) is 0 Å². The number of aromatic hydroxyl groups is 2. The summed E-state index contributed by atoms with van der Waals surface area (Å²) in [7, 11) is 0. The van der Waals surface area contributed by atoms with Crippen molar-refractivity contribution in [3.8, 4) is 28.6 Å². The van der Waals surface area contributed by atoms with Crippen molar-refractivity contribution in [3.05, 3.63) is 52.4 Å². The first-order chi connectivity index (χ1) is 17.6. The number of aliphatic hydroxyl groups is 4. The van der Waals surface area contributed by atoms with Gasteiger partial charge in [0.15, 0.2) is 28.4 Å². The maximum absolute atomic E-state index is 12.3. The maximum Gasteiger partial charge on any atom is 0.371 e. The van der Waals surface area contributed by atoms with Crippen LogP contribution in [0.15, 0.2) is 50.0 Å². The number of carboxylic acids is 1. The first-order valence-corrected chi connectivity index (χ1v) is 10.9. The zero-order valence-corrected chi connectivity index (χ0v) is 18.6. The minimum atomic E-state index is -1.83. The van der Waals surface area contributed by atoms with Gasteiger partial charge in [-0.2, -0.15) is 0 Å². The predicted molar refractivity (Wildman–Crippen MR) is 122 cm³/mol. The van der Waals surface area contributed by atoms with Crippen LogP contribution in [0.2, 0.25) is 0 Å². The van der Waals surface area contributed by atoms with Crippen LogP contribution in [0.1, 0.15) is 10.6 Å². The summed E-state index contributed by atoms with van der Waals surface area (Å²) in [5, 5.41) is 69.9. The van der Waals surface area contributed by atoms with Gasteiger partial charge < -0.3 is 54.1 Å². The first kappa shape index (κ1) is 24.5. The number of carbonyl (C=O) groups is 1. The Balaban J connectivity index is 1.81. The number of carboxylic acid groups (broad SMARTS) is 1. The molecule has 0 unspecified atom stereocenters. The van der Waals surface area contributed by atoms with E-state index in [0.29, 0.717) is 0 Å². The molecule has 37 heavy (non-hydrogen) atoms. The van der Waals surface area contributed by atoms with Gasteiger partial charge in [-0.1, -0.05) is 0 Å². The molecule has 1 aliphatic rings. The third-order valence-corrected chi connectivity index (χ3v) is 6.00. The van der Waals surface area contributed by atoms with Crippen LogP contribution in [0.5, 0.6) is 17.2 Å². The lowest BCUT2D eigenvalue weighted by atomic mass is 9.99. The molecule has 194 valence electrons. The van der Waals surface area contributed by atoms with Crippen molar-refractivity contribution < 1.29 is 58.8 Å². The SMILES string of the molecule is O=C(O)c1cc2c(O[C@H]3O[C@@H](CO)[C@@H](O)[C@H](O)[C@@H]3O)c(-c3ccc(O)c(O)c3)oc3cc(=O)cc(o1)c32. The van der Waals surface area contributed by atoms with E-state index in [0.717, 1.165) is 30.3 Å². The fourth-order valence-corrected chi connectivity index (χ4v) is 4.16. The second-order valence-electron chi connectivity index (χ2n) is 8.40. The van der Waals surface area contributed by atoms with Crippen molar-refractivity contribution in [2.75, 3.05) is 6.61 Å². The van der Waals surface area contributed by atoms with Crippen LogP contribution in [0.25, 0.3) is 33.3 Å². The van der Waals surface area contributed by atoms with E-state index in [1.807, 2.05) is 0 Å². The van der Waals surface area contributed by atoms with Crippen molar-refractivity contribution >= 4 is 27.9 Å². The highest BCUT2D eigenvalue weighted by Gasteiger charge is 2.45. The summed E-state index contributed by atoms with van der Waals surface area (Å²) in [6.45, 7) is -0.730. The van der Waals surface area contributed by atoms with E-state index in [2.05, 4.69) is 0 Å². The van der Waals surface area contributed by atoms with Crippen molar-refractivity contribution in [2.45, 2.75) is 30.7 Å². The molecular formula is C24H20O13. The second kappa shape index (κ2) is 9.06. The minimum absolute atomic E-state index is 0.0272. The van der Waals surface area contributed by atoms with Gasteiger partial charge >= 0.3 is 5.97 Å². The third kappa shape index (κ3) is 4.14. The number of ether oxygens (including phenoxy) is 2. The Bertz CT molecular complexity index is 1570. The standard InChI is InChI=1S/C24H20O13/c25-7-16-18(29)19(30)20(31)24(36-16)37-22-10-6-15(23(32)33)34-13-4-9(26)5-14(17(10)13)35-21(22)8-1-2-11(27)12(28)3-8/h1-6,16,18-20,24-25,27-31H,7H2,(H,32,33)/t16-,18+,19-,20-,24+/m0/s1. The van der Waals surface area contributed by atoms with E-state index in [9.17, 15) is 45.3 Å². The van der Waals surface area contributed by atoms with Gasteiger partial charge in [-0.25, -0.2) is 4.79 Å². The molecule has 0 spiro atoms. The zero-order valence-electron chi connectivity index (χ0n) is 18.6. The second-order valence-corrected chi connectivity index (χ2v) is 8.40. The summed E-state index contributed by atoms with van der Waals surface area (Å²) in [6.07, 6.45) is -8.28. The van der Waals surface area contributed by atoms with Gasteiger partial charge in [0.2, 0.25) is 12.1 Å². The maximum atomic E-state index is 12.3. The summed E-state index contributed by atoms with van der Waals surface area (Å²) < 4.78 is 22.6. The summed E-state index contributed by atoms with van der Waals surface area (Å²) >= 11 is 0. The number of phenolic OH excluding ortho intramolecular Hbond substituents is 2. The third-order valence-electron chi connectivity index (χ3n) is 6.00. The molecule has 5 rings (SSSR count). The minimum Gasteiger partial charge on any atom is -0.504 e. The van der Waals surface area contributed by atoms with Gasteiger partial charge in [-0.15, -0.1) is 0 Å². The Morgan fingerprint density at radius 1 is 0.919 bits per heavy atom. The van der Waals surface area contributed by atoms with E-state index >= 15 is 0 Å². The molecule has 13 heteroatoms. The van der Waals surface area contributed by atoms with Gasteiger partial charge in [0, 0.05) is 29.1 Å². The molecule has 0 aliphatic carbocycles. The number of hydrogen-bond acceptors (Lipinski definition) is 12. The fraction of sp³-hybridized carbons (Fsp3) is 0.250. The smallest absolute Gasteiger partial charge is 0.371 e. The van der Waals surface area contributed by atoms with Crippen LogP contribution in [-0.2, 0) is 4.74 Å². The van der Waals surface area contributed by atoms with Gasteiger partial charge in [-0.3, -0.25) is 4.79 Å². The van der Waals surface area contributed by atoms with Crippen LogP contribution in [-0.4, -0.2) is 79.0 Å². The number of aromatic carboxylic acids is 1. The van der Waals surface area contributed by atoms with E-state index in [1.54, 1.807) is 0 Å². The average molecular weight is 516 g/mol. The molecule has 3 heterocycles. The molecule has 5 atom stereocenters. The zero-order chi connectivity index (χ0) is 26.6. The summed E-state index contributed by atoms with van der Waals surface area (Å²) in [5.41, 5.74) is -0.657. The van der Waals surface area contributed by atoms with Gasteiger partial charge in [-0.05, 0) is 18.2 Å². The van der Waals surface area contributed by atoms with Crippen LogP contribution < -0.4 is 10.2 Å². The highest BCUT2D eigenvalue weighted by atomic mass is 16.7. The molecule has 1 fully saturated rings. The lowest BCUT2D eigenvalue weighted by Gasteiger charge is -2.39. The number of benzene rings is 2. The van der Waals surface area contributed by atoms with Crippen molar-refractivity contribution in [3.63, 3.8) is 0 Å². The number of rotatable bonds is 5. The molecule has 1 aliphatic heterocycles. The van der Waals surface area contributed by atoms with Crippen molar-refractivity contribution in [2.24, 2.45) is 0 Å². The number of aliphatic hydroxyl groups excluding tert-OH is 4. The Kier molecular flexibility index (Phi) is 6.01. The molecule has 1 saturated heterocycles. The van der Waals surface area contributed by atoms with Gasteiger partial charge in [0.1, 0.15) is 35.6 Å². The Labute approximate surface area is 205 Å². The number of phenols is 2. The van der Waals surface area contributed by atoms with E-state index in [1.165, 1.54) is 6.07 Å². The van der Waals surface area contributed by atoms with Crippen molar-refractivity contribution in [1.29, 1.82) is 0 Å². The van der Waals surface area contributed by atoms with E-state index in [4.69, 9.17) is 18.3 Å². The first-order valence-electron chi connectivity index (χ1n) is 10.9. The summed E-state index contributed by atoms with van der Waals surface area (Å²) in [4.78, 5) is 24.0. The molecule has 0 radical (unpaired) electrons. The molecule has 0 bridgehead atoms. The lowest BCUT2D eigenvalue weighted by molar-refractivity contribution is -0.277. The molecule has 7 N–H and O–H groups in total. The van der Waals surface area contributed by atoms with Crippen LogP contribution in [0, 0.1) is 0 Å². The molecule has 0 saturated carbocycles. The Morgan fingerprint density at radius 3 is 2.27 bits per heavy atom. The molecule has 2 aromatic carbocycles. The average Bonchev–Trinajstić information content (AvgIpc) is 2.86. The lowest BCUT2D eigenvalue weighted by Crippen LogP contribution is -2.60. The largest absolute Gasteiger partial charge is 0.504 e. The highest BCUT2D eigenvalue weighted by molar-refractivity contribution is 6.11.